The summed E-state index contributed by atoms with van der Waals surface area (Å²) in [5.74, 6) is 0.976. The third-order valence-corrected chi connectivity index (χ3v) is 4.39. The number of likely N-dealkylation sites (tertiary alicyclic amines) is 1. The van der Waals surface area contributed by atoms with Gasteiger partial charge in [0.2, 0.25) is 0 Å². The van der Waals surface area contributed by atoms with Crippen LogP contribution in [0.15, 0.2) is 0 Å². The molecule has 2 aliphatic rings. The van der Waals surface area contributed by atoms with Gasteiger partial charge in [-0.25, -0.2) is 0 Å². The number of rotatable bonds is 4. The van der Waals surface area contributed by atoms with E-state index in [1.165, 1.54) is 12.8 Å². The van der Waals surface area contributed by atoms with Crippen LogP contribution in [0.3, 0.4) is 0 Å². The minimum atomic E-state index is -0.255. The zero-order valence-corrected chi connectivity index (χ0v) is 11.2. The molecule has 98 valence electrons. The Morgan fingerprint density at radius 1 is 1.24 bits per heavy atom. The Balaban J connectivity index is 1.88. The number of hydrogen-bond donors (Lipinski definition) is 0. The number of hydrogen-bond acceptors (Lipinski definition) is 3. The molecule has 0 atom stereocenters. The molecule has 0 N–H and O–H groups in total. The summed E-state index contributed by atoms with van der Waals surface area (Å²) in [6.07, 6.45) is 5.35. The van der Waals surface area contributed by atoms with Crippen molar-refractivity contribution in [1.82, 2.24) is 4.90 Å². The molecule has 2 rings (SSSR count). The zero-order chi connectivity index (χ0) is 12.3. The summed E-state index contributed by atoms with van der Waals surface area (Å²) in [6, 6.07) is 0. The third kappa shape index (κ3) is 3.08. The van der Waals surface area contributed by atoms with Gasteiger partial charge in [0.05, 0.1) is 5.54 Å². The summed E-state index contributed by atoms with van der Waals surface area (Å²) in [5.41, 5.74) is -0.255. The SMILES string of the molecule is CC(C)(C(=O)CC1CCOCC1)N1CCCC1. The van der Waals surface area contributed by atoms with Gasteiger partial charge in [-0.2, -0.15) is 0 Å². The van der Waals surface area contributed by atoms with E-state index in [1.807, 2.05) is 0 Å². The monoisotopic (exact) mass is 239 g/mol. The summed E-state index contributed by atoms with van der Waals surface area (Å²) >= 11 is 0. The molecule has 0 amide bonds. The van der Waals surface area contributed by atoms with Gasteiger partial charge in [0.1, 0.15) is 0 Å². The molecular formula is C14H25NO2. The lowest BCUT2D eigenvalue weighted by Crippen LogP contribution is -2.49. The van der Waals surface area contributed by atoms with Gasteiger partial charge < -0.3 is 4.74 Å². The highest BCUT2D eigenvalue weighted by atomic mass is 16.5. The Hall–Kier alpha value is -0.410. The molecule has 0 radical (unpaired) electrons. The Labute approximate surface area is 105 Å². The van der Waals surface area contributed by atoms with E-state index in [4.69, 9.17) is 4.74 Å². The molecule has 0 unspecified atom stereocenters. The van der Waals surface area contributed by atoms with Crippen LogP contribution in [-0.4, -0.2) is 42.5 Å². The molecule has 0 saturated carbocycles. The first kappa shape index (κ1) is 13.0. The van der Waals surface area contributed by atoms with Crippen molar-refractivity contribution < 1.29 is 9.53 Å². The summed E-state index contributed by atoms with van der Waals surface area (Å²) in [6.45, 7) is 8.04. The molecule has 17 heavy (non-hydrogen) atoms. The first-order chi connectivity index (χ1) is 8.10. The van der Waals surface area contributed by atoms with Crippen LogP contribution in [0.25, 0.3) is 0 Å². The van der Waals surface area contributed by atoms with E-state index in [0.717, 1.165) is 45.6 Å². The fourth-order valence-corrected chi connectivity index (χ4v) is 2.91. The molecule has 0 bridgehead atoms. The smallest absolute Gasteiger partial charge is 0.152 e. The predicted molar refractivity (Wildman–Crippen MR) is 68.1 cm³/mol. The summed E-state index contributed by atoms with van der Waals surface area (Å²) in [4.78, 5) is 14.8. The predicted octanol–water partition coefficient (Wildman–Crippen LogP) is 2.25. The standard InChI is InChI=1S/C14H25NO2/c1-14(2,15-7-3-4-8-15)13(16)11-12-5-9-17-10-6-12/h12H,3-11H2,1-2H3. The van der Waals surface area contributed by atoms with Gasteiger partial charge in [0, 0.05) is 19.6 Å². The lowest BCUT2D eigenvalue weighted by molar-refractivity contribution is -0.130. The maximum Gasteiger partial charge on any atom is 0.152 e. The Bertz CT molecular complexity index is 263. The summed E-state index contributed by atoms with van der Waals surface area (Å²) in [5, 5.41) is 0. The molecule has 3 nitrogen and oxygen atoms in total. The topological polar surface area (TPSA) is 29.5 Å². The highest BCUT2D eigenvalue weighted by Crippen LogP contribution is 2.27. The average molecular weight is 239 g/mol. The van der Waals surface area contributed by atoms with E-state index in [9.17, 15) is 4.79 Å². The molecule has 2 saturated heterocycles. The van der Waals surface area contributed by atoms with Crippen LogP contribution in [0.2, 0.25) is 0 Å². The maximum absolute atomic E-state index is 12.4. The Kier molecular flexibility index (Phi) is 4.21. The summed E-state index contributed by atoms with van der Waals surface area (Å²) in [7, 11) is 0. The molecule has 0 aromatic rings. The van der Waals surface area contributed by atoms with Gasteiger partial charge in [0.25, 0.3) is 0 Å². The number of Topliss-reactive ketones (excluding diaryl/α,β-unsaturated/α-hetero) is 1. The first-order valence-electron chi connectivity index (χ1n) is 6.97. The van der Waals surface area contributed by atoms with Crippen LogP contribution < -0.4 is 0 Å². The maximum atomic E-state index is 12.4. The molecule has 0 aliphatic carbocycles. The molecule has 0 spiro atoms. The molecule has 3 heteroatoms. The second-order valence-electron chi connectivity index (χ2n) is 5.94. The van der Waals surface area contributed by atoms with Gasteiger partial charge in [-0.05, 0) is 58.5 Å². The largest absolute Gasteiger partial charge is 0.381 e. The van der Waals surface area contributed by atoms with E-state index in [2.05, 4.69) is 18.7 Å². The van der Waals surface area contributed by atoms with E-state index in [0.29, 0.717) is 11.7 Å². The van der Waals surface area contributed by atoms with Gasteiger partial charge in [0.15, 0.2) is 5.78 Å². The lowest BCUT2D eigenvalue weighted by atomic mass is 9.86. The van der Waals surface area contributed by atoms with Crippen molar-refractivity contribution in [2.24, 2.45) is 5.92 Å². The van der Waals surface area contributed by atoms with E-state index in [-0.39, 0.29) is 5.54 Å². The molecule has 2 fully saturated rings. The highest BCUT2D eigenvalue weighted by molar-refractivity contribution is 5.87. The Morgan fingerprint density at radius 2 is 1.82 bits per heavy atom. The number of ketones is 1. The minimum absolute atomic E-state index is 0.255. The number of carbonyl (C=O) groups excluding carboxylic acids is 1. The Morgan fingerprint density at radius 3 is 2.41 bits per heavy atom. The van der Waals surface area contributed by atoms with Gasteiger partial charge in [-0.1, -0.05) is 0 Å². The van der Waals surface area contributed by atoms with E-state index in [1.54, 1.807) is 0 Å². The van der Waals surface area contributed by atoms with Crippen LogP contribution >= 0.6 is 0 Å². The van der Waals surface area contributed by atoms with Crippen LogP contribution in [0, 0.1) is 5.92 Å². The first-order valence-corrected chi connectivity index (χ1v) is 6.97. The molecule has 0 aromatic heterocycles. The number of ether oxygens (including phenoxy) is 1. The molecule has 2 aliphatic heterocycles. The quantitative estimate of drug-likeness (QED) is 0.753. The molecular weight excluding hydrogens is 214 g/mol. The van der Waals surface area contributed by atoms with Crippen molar-refractivity contribution in [2.75, 3.05) is 26.3 Å². The number of carbonyl (C=O) groups is 1. The van der Waals surface area contributed by atoms with E-state index >= 15 is 0 Å². The van der Waals surface area contributed by atoms with Crippen molar-refractivity contribution >= 4 is 5.78 Å². The minimum Gasteiger partial charge on any atom is -0.381 e. The molecule has 2 heterocycles. The second-order valence-corrected chi connectivity index (χ2v) is 5.94. The lowest BCUT2D eigenvalue weighted by Gasteiger charge is -2.35. The van der Waals surface area contributed by atoms with Crippen molar-refractivity contribution in [3.63, 3.8) is 0 Å². The van der Waals surface area contributed by atoms with Crippen molar-refractivity contribution in [1.29, 1.82) is 0 Å². The normalized spacial score (nSPS) is 24.1. The van der Waals surface area contributed by atoms with Crippen molar-refractivity contribution in [2.45, 2.75) is 51.5 Å². The van der Waals surface area contributed by atoms with Gasteiger partial charge in [-0.15, -0.1) is 0 Å². The average Bonchev–Trinajstić information content (AvgIpc) is 2.84. The second kappa shape index (κ2) is 5.49. The fourth-order valence-electron chi connectivity index (χ4n) is 2.91. The van der Waals surface area contributed by atoms with Gasteiger partial charge in [-0.3, -0.25) is 9.69 Å². The van der Waals surface area contributed by atoms with E-state index < -0.39 is 0 Å². The van der Waals surface area contributed by atoms with Crippen LogP contribution in [0.1, 0.15) is 46.0 Å². The highest BCUT2D eigenvalue weighted by Gasteiger charge is 2.36. The zero-order valence-electron chi connectivity index (χ0n) is 11.2. The van der Waals surface area contributed by atoms with Crippen molar-refractivity contribution in [3.8, 4) is 0 Å². The third-order valence-electron chi connectivity index (χ3n) is 4.39. The summed E-state index contributed by atoms with van der Waals surface area (Å²) < 4.78 is 5.34. The van der Waals surface area contributed by atoms with Crippen LogP contribution in [-0.2, 0) is 9.53 Å². The van der Waals surface area contributed by atoms with Crippen LogP contribution in [0.5, 0.6) is 0 Å². The van der Waals surface area contributed by atoms with Crippen molar-refractivity contribution in [3.05, 3.63) is 0 Å². The van der Waals surface area contributed by atoms with Crippen LogP contribution in [0.4, 0.5) is 0 Å². The van der Waals surface area contributed by atoms with Gasteiger partial charge >= 0.3 is 0 Å². The molecule has 0 aromatic carbocycles. The fraction of sp³-hybridized carbons (Fsp3) is 0.929. The number of nitrogens with zero attached hydrogens (tertiary/aromatic N) is 1.